The van der Waals surface area contributed by atoms with E-state index in [0.717, 1.165) is 29.1 Å². The third-order valence-electron chi connectivity index (χ3n) is 7.92. The maximum Gasteiger partial charge on any atom is 0.332 e. The molecule has 4 aliphatic rings. The SMILES string of the molecule is CN1C(=O)N(C)C(=O)C2(Cc3cccc(F)c3N3[C@H]4CC(C)(C)C[C@@](C)(C4)[C@@H]32)C1=O. The van der Waals surface area contributed by atoms with Gasteiger partial charge in [-0.05, 0) is 48.1 Å². The average Bonchev–Trinajstić information content (AvgIpc) is 2.89. The van der Waals surface area contributed by atoms with Gasteiger partial charge in [-0.3, -0.25) is 19.4 Å². The number of benzene rings is 1. The molecule has 4 amide bonds. The highest BCUT2D eigenvalue weighted by atomic mass is 19.1. The van der Waals surface area contributed by atoms with Crippen molar-refractivity contribution in [2.45, 2.75) is 58.5 Å². The summed E-state index contributed by atoms with van der Waals surface area (Å²) in [6.07, 6.45) is 2.63. The van der Waals surface area contributed by atoms with Crippen molar-refractivity contribution in [2.75, 3.05) is 19.0 Å². The lowest BCUT2D eigenvalue weighted by Crippen LogP contribution is -2.72. The van der Waals surface area contributed by atoms with Gasteiger partial charge in [0.2, 0.25) is 11.8 Å². The van der Waals surface area contributed by atoms with Crippen LogP contribution >= 0.6 is 0 Å². The minimum atomic E-state index is -1.43. The van der Waals surface area contributed by atoms with Gasteiger partial charge in [0.05, 0.1) is 11.7 Å². The molecular formula is C23H28FN3O3. The number of amides is 4. The largest absolute Gasteiger partial charge is 0.361 e. The summed E-state index contributed by atoms with van der Waals surface area (Å²) in [7, 11) is 2.88. The second kappa shape index (κ2) is 5.62. The first-order chi connectivity index (χ1) is 13.9. The Labute approximate surface area is 176 Å². The lowest BCUT2D eigenvalue weighted by Gasteiger charge is -2.54. The van der Waals surface area contributed by atoms with E-state index in [0.29, 0.717) is 11.3 Å². The lowest BCUT2D eigenvalue weighted by molar-refractivity contribution is -0.161. The summed E-state index contributed by atoms with van der Waals surface area (Å²) in [6, 6.07) is 3.84. The van der Waals surface area contributed by atoms with E-state index >= 15 is 4.39 Å². The van der Waals surface area contributed by atoms with E-state index in [1.807, 2.05) is 6.07 Å². The molecule has 30 heavy (non-hydrogen) atoms. The predicted molar refractivity (Wildman–Crippen MR) is 109 cm³/mol. The van der Waals surface area contributed by atoms with Gasteiger partial charge in [-0.1, -0.05) is 32.9 Å². The summed E-state index contributed by atoms with van der Waals surface area (Å²) in [6.45, 7) is 6.55. The Hall–Kier alpha value is -2.44. The Balaban J connectivity index is 1.81. The topological polar surface area (TPSA) is 60.9 Å². The molecule has 2 bridgehead atoms. The van der Waals surface area contributed by atoms with Crippen molar-refractivity contribution < 1.29 is 18.8 Å². The van der Waals surface area contributed by atoms with E-state index in [-0.39, 0.29) is 29.1 Å². The van der Waals surface area contributed by atoms with Crippen LogP contribution in [0, 0.1) is 22.1 Å². The van der Waals surface area contributed by atoms with E-state index in [1.54, 1.807) is 6.07 Å². The van der Waals surface area contributed by atoms with E-state index in [1.165, 1.54) is 20.2 Å². The fraction of sp³-hybridized carbons (Fsp3) is 0.609. The van der Waals surface area contributed by atoms with Crippen LogP contribution in [0.3, 0.4) is 0 Å². The van der Waals surface area contributed by atoms with Gasteiger partial charge in [-0.15, -0.1) is 0 Å². The smallest absolute Gasteiger partial charge is 0.332 e. The van der Waals surface area contributed by atoms with Crippen molar-refractivity contribution in [1.29, 1.82) is 0 Å². The summed E-state index contributed by atoms with van der Waals surface area (Å²) in [5, 5.41) is 0. The number of imide groups is 2. The monoisotopic (exact) mass is 413 g/mol. The van der Waals surface area contributed by atoms with Crippen molar-refractivity contribution in [3.8, 4) is 0 Å². The fourth-order valence-corrected chi connectivity index (χ4v) is 7.44. The quantitative estimate of drug-likeness (QED) is 0.613. The van der Waals surface area contributed by atoms with Crippen molar-refractivity contribution in [3.05, 3.63) is 29.6 Å². The van der Waals surface area contributed by atoms with Gasteiger partial charge in [0.25, 0.3) is 0 Å². The first kappa shape index (κ1) is 19.5. The molecule has 0 radical (unpaired) electrons. The molecule has 1 aromatic rings. The number of rotatable bonds is 0. The third-order valence-corrected chi connectivity index (χ3v) is 7.92. The highest BCUT2D eigenvalue weighted by Gasteiger charge is 2.72. The van der Waals surface area contributed by atoms with E-state index in [9.17, 15) is 14.4 Å². The normalized spacial score (nSPS) is 33.8. The zero-order valence-corrected chi connectivity index (χ0v) is 18.2. The first-order valence-electron chi connectivity index (χ1n) is 10.6. The minimum absolute atomic E-state index is 0.00992. The Bertz CT molecular complexity index is 981. The molecular weight excluding hydrogens is 385 g/mol. The zero-order chi connectivity index (χ0) is 21.8. The number of carbonyl (C=O) groups excluding carboxylic acids is 3. The molecule has 2 saturated heterocycles. The molecule has 160 valence electrons. The van der Waals surface area contributed by atoms with Crippen molar-refractivity contribution >= 4 is 23.5 Å². The van der Waals surface area contributed by atoms with Crippen LogP contribution in [-0.4, -0.2) is 53.8 Å². The van der Waals surface area contributed by atoms with Crippen LogP contribution in [0.5, 0.6) is 0 Å². The van der Waals surface area contributed by atoms with Crippen LogP contribution in [0.1, 0.15) is 45.6 Å². The Morgan fingerprint density at radius 2 is 1.63 bits per heavy atom. The number of barbiturate groups is 1. The number of hydrogen-bond donors (Lipinski definition) is 0. The van der Waals surface area contributed by atoms with E-state index in [2.05, 4.69) is 25.7 Å². The number of hydrogen-bond acceptors (Lipinski definition) is 4. The molecule has 0 N–H and O–H groups in total. The maximum atomic E-state index is 15.2. The summed E-state index contributed by atoms with van der Waals surface area (Å²) in [4.78, 5) is 44.2. The number of para-hydroxylation sites is 1. The van der Waals surface area contributed by atoms with E-state index in [4.69, 9.17) is 0 Å². The summed E-state index contributed by atoms with van der Waals surface area (Å²) < 4.78 is 15.2. The number of halogens is 1. The number of nitrogens with zero attached hydrogens (tertiary/aromatic N) is 3. The highest BCUT2D eigenvalue weighted by molar-refractivity contribution is 6.20. The summed E-state index contributed by atoms with van der Waals surface area (Å²) in [5.41, 5.74) is -0.571. The molecule has 0 unspecified atom stereocenters. The summed E-state index contributed by atoms with van der Waals surface area (Å²) in [5.74, 6) is -1.24. The minimum Gasteiger partial charge on any atom is -0.361 e. The standard InChI is InChI=1S/C23H28FN3O3/c1-21(2)10-14-11-22(3,12-21)17-23(18(28)25(4)20(30)26(5)19(23)29)9-13-7-6-8-15(24)16(13)27(14)17/h6-8,14,17H,9-12H2,1-5H3/t14-,17+,22+/m0/s1. The number of anilines is 1. The fourth-order valence-electron chi connectivity index (χ4n) is 7.44. The van der Waals surface area contributed by atoms with Gasteiger partial charge >= 0.3 is 6.03 Å². The van der Waals surface area contributed by atoms with E-state index < -0.39 is 29.3 Å². The number of urea groups is 1. The Kier molecular flexibility index (Phi) is 3.66. The molecule has 3 heterocycles. The van der Waals surface area contributed by atoms with Gasteiger partial charge in [0.1, 0.15) is 5.82 Å². The second-order valence-corrected chi connectivity index (χ2v) is 10.8. The molecule has 5 rings (SSSR count). The van der Waals surface area contributed by atoms with Gasteiger partial charge in [0.15, 0.2) is 5.41 Å². The zero-order valence-electron chi connectivity index (χ0n) is 18.2. The van der Waals surface area contributed by atoms with Crippen molar-refractivity contribution in [3.63, 3.8) is 0 Å². The number of fused-ring (bicyclic) bond motifs is 8. The van der Waals surface area contributed by atoms with Crippen LogP contribution < -0.4 is 4.90 Å². The average molecular weight is 413 g/mol. The summed E-state index contributed by atoms with van der Waals surface area (Å²) >= 11 is 0. The first-order valence-corrected chi connectivity index (χ1v) is 10.6. The molecule has 1 aliphatic carbocycles. The van der Waals surface area contributed by atoms with Gasteiger partial charge in [-0.25, -0.2) is 9.18 Å². The van der Waals surface area contributed by atoms with Crippen LogP contribution in [-0.2, 0) is 16.0 Å². The molecule has 3 fully saturated rings. The lowest BCUT2D eigenvalue weighted by atomic mass is 9.56. The Morgan fingerprint density at radius 1 is 1.00 bits per heavy atom. The molecule has 0 aromatic heterocycles. The van der Waals surface area contributed by atoms with Crippen LogP contribution in [0.15, 0.2) is 18.2 Å². The highest BCUT2D eigenvalue weighted by Crippen LogP contribution is 2.64. The number of carbonyl (C=O) groups is 3. The van der Waals surface area contributed by atoms with Gasteiger partial charge in [0, 0.05) is 20.1 Å². The second-order valence-electron chi connectivity index (χ2n) is 10.8. The molecule has 3 atom stereocenters. The molecule has 6 nitrogen and oxygen atoms in total. The van der Waals surface area contributed by atoms with Gasteiger partial charge in [-0.2, -0.15) is 0 Å². The van der Waals surface area contributed by atoms with Gasteiger partial charge < -0.3 is 4.90 Å². The molecule has 7 heteroatoms. The van der Waals surface area contributed by atoms with Crippen molar-refractivity contribution in [1.82, 2.24) is 9.80 Å². The molecule has 3 aliphatic heterocycles. The van der Waals surface area contributed by atoms with Crippen molar-refractivity contribution in [2.24, 2.45) is 16.2 Å². The third kappa shape index (κ3) is 2.16. The molecule has 1 aromatic carbocycles. The van der Waals surface area contributed by atoms with Crippen LogP contribution in [0.25, 0.3) is 0 Å². The van der Waals surface area contributed by atoms with Crippen LogP contribution in [0.2, 0.25) is 0 Å². The molecule has 1 spiro atoms. The Morgan fingerprint density at radius 3 is 2.27 bits per heavy atom. The molecule has 1 saturated carbocycles. The predicted octanol–water partition coefficient (Wildman–Crippen LogP) is 3.19. The van der Waals surface area contributed by atoms with Crippen LogP contribution in [0.4, 0.5) is 14.9 Å². The maximum absolute atomic E-state index is 15.2.